The summed E-state index contributed by atoms with van der Waals surface area (Å²) in [5.74, 6) is 1.12. The van der Waals surface area contributed by atoms with Gasteiger partial charge >= 0.3 is 5.63 Å². The summed E-state index contributed by atoms with van der Waals surface area (Å²) in [6.45, 7) is 6.14. The summed E-state index contributed by atoms with van der Waals surface area (Å²) in [5, 5.41) is 0.851. The first-order valence-corrected chi connectivity index (χ1v) is 13.3. The molecule has 3 heterocycles. The molecule has 2 aromatic rings. The van der Waals surface area contributed by atoms with E-state index in [1.54, 1.807) is 7.11 Å². The van der Waals surface area contributed by atoms with Gasteiger partial charge in [-0.2, -0.15) is 0 Å². The van der Waals surface area contributed by atoms with E-state index in [9.17, 15) is 9.59 Å². The Kier molecular flexibility index (Phi) is 7.44. The van der Waals surface area contributed by atoms with E-state index in [1.165, 1.54) is 45.2 Å². The van der Waals surface area contributed by atoms with Crippen LogP contribution in [0.1, 0.15) is 55.2 Å². The number of fused-ring (bicyclic) bond motifs is 4. The fraction of sp³-hybridized carbons (Fsp3) is 0.643. The second kappa shape index (κ2) is 10.7. The lowest BCUT2D eigenvalue weighted by atomic mass is 9.83. The van der Waals surface area contributed by atoms with Gasteiger partial charge in [-0.1, -0.05) is 6.42 Å². The normalized spacial score (nSPS) is 22.1. The summed E-state index contributed by atoms with van der Waals surface area (Å²) in [7, 11) is 1.68. The van der Waals surface area contributed by atoms with Gasteiger partial charge in [-0.05, 0) is 94.1 Å². The van der Waals surface area contributed by atoms with Crippen molar-refractivity contribution in [1.29, 1.82) is 0 Å². The largest absolute Gasteiger partial charge is 0.483 e. The third kappa shape index (κ3) is 5.12. The number of rotatable bonds is 8. The van der Waals surface area contributed by atoms with E-state index < -0.39 is 0 Å². The zero-order valence-electron chi connectivity index (χ0n) is 21.1. The van der Waals surface area contributed by atoms with Crippen molar-refractivity contribution in [2.45, 2.75) is 64.3 Å². The molecule has 3 aliphatic rings. The van der Waals surface area contributed by atoms with Gasteiger partial charge in [0, 0.05) is 31.8 Å². The van der Waals surface area contributed by atoms with Gasteiger partial charge in [-0.25, -0.2) is 4.79 Å². The molecule has 0 spiro atoms. The summed E-state index contributed by atoms with van der Waals surface area (Å²) in [6, 6.07) is 4.42. The van der Waals surface area contributed by atoms with Crippen LogP contribution < -0.4 is 10.4 Å². The molecule has 1 aliphatic carbocycles. The molecule has 1 amide bonds. The molecule has 2 aliphatic heterocycles. The Morgan fingerprint density at radius 1 is 1.11 bits per heavy atom. The second-order valence-corrected chi connectivity index (χ2v) is 10.5. The number of nitrogens with zero attached hydrogens (tertiary/aromatic N) is 2. The Morgan fingerprint density at radius 2 is 1.94 bits per heavy atom. The molecule has 0 saturated carbocycles. The van der Waals surface area contributed by atoms with E-state index in [0.717, 1.165) is 47.9 Å². The van der Waals surface area contributed by atoms with Gasteiger partial charge in [0.15, 0.2) is 6.61 Å². The molecule has 2 saturated heterocycles. The number of carbonyl (C=O) groups is 1. The third-order valence-electron chi connectivity index (χ3n) is 8.13. The molecule has 1 aromatic carbocycles. The van der Waals surface area contributed by atoms with Gasteiger partial charge in [0.2, 0.25) is 0 Å². The number of methoxy groups -OCH3 is 1. The average molecular weight is 483 g/mol. The maximum atomic E-state index is 13.4. The molecule has 7 heteroatoms. The molecule has 35 heavy (non-hydrogen) atoms. The van der Waals surface area contributed by atoms with Crippen LogP contribution in [-0.4, -0.2) is 68.3 Å². The maximum Gasteiger partial charge on any atom is 0.339 e. The minimum absolute atomic E-state index is 0.0151. The summed E-state index contributed by atoms with van der Waals surface area (Å²) in [5.41, 5.74) is 3.03. The Labute approximate surface area is 207 Å². The number of hydrogen-bond donors (Lipinski definition) is 0. The molecular formula is C28H38N2O5. The standard InChI is InChI=1S/C28H38N2O5/c1-19-15-24(27-21-8-5-9-22(21)28(32)35-25(27)16-19)34-18-26(31)30(13-14-33-2)17-20-7-6-12-29-11-4-3-10-23(20)29/h15-16,20,23H,3-14,17-18H2,1-2H3/t20-,23+/m0/s1. The van der Waals surface area contributed by atoms with Crippen molar-refractivity contribution in [3.63, 3.8) is 0 Å². The van der Waals surface area contributed by atoms with Crippen LogP contribution in [0.15, 0.2) is 21.3 Å². The third-order valence-corrected chi connectivity index (χ3v) is 8.13. The Bertz CT molecular complexity index is 1120. The van der Waals surface area contributed by atoms with Gasteiger partial charge in [0.25, 0.3) is 5.91 Å². The number of hydrogen-bond acceptors (Lipinski definition) is 6. The van der Waals surface area contributed by atoms with Crippen LogP contribution in [0.3, 0.4) is 0 Å². The second-order valence-electron chi connectivity index (χ2n) is 10.5. The molecule has 1 aromatic heterocycles. The molecule has 0 N–H and O–H groups in total. The molecule has 7 nitrogen and oxygen atoms in total. The van der Waals surface area contributed by atoms with Crippen molar-refractivity contribution in [3.8, 4) is 5.75 Å². The van der Waals surface area contributed by atoms with Crippen LogP contribution in [0.5, 0.6) is 5.75 Å². The van der Waals surface area contributed by atoms with Crippen molar-refractivity contribution < 1.29 is 18.7 Å². The number of carbonyl (C=O) groups excluding carboxylic acids is 1. The van der Waals surface area contributed by atoms with Crippen molar-refractivity contribution in [3.05, 3.63) is 39.2 Å². The number of ether oxygens (including phenoxy) is 2. The van der Waals surface area contributed by atoms with Crippen LogP contribution in [0.25, 0.3) is 11.0 Å². The topological polar surface area (TPSA) is 72.2 Å². The molecule has 190 valence electrons. The lowest BCUT2D eigenvalue weighted by Crippen LogP contribution is -2.52. The first kappa shape index (κ1) is 24.3. The number of aryl methyl sites for hydroxylation is 2. The number of amides is 1. The fourth-order valence-electron chi connectivity index (χ4n) is 6.44. The van der Waals surface area contributed by atoms with Crippen LogP contribution in [-0.2, 0) is 22.4 Å². The summed E-state index contributed by atoms with van der Waals surface area (Å²) >= 11 is 0. The zero-order valence-corrected chi connectivity index (χ0v) is 21.1. The van der Waals surface area contributed by atoms with E-state index in [2.05, 4.69) is 4.90 Å². The van der Waals surface area contributed by atoms with E-state index in [1.807, 2.05) is 24.0 Å². The van der Waals surface area contributed by atoms with Crippen molar-refractivity contribution in [2.75, 3.05) is 46.5 Å². The average Bonchev–Trinajstić information content (AvgIpc) is 3.35. The predicted molar refractivity (Wildman–Crippen MR) is 135 cm³/mol. The van der Waals surface area contributed by atoms with Crippen LogP contribution in [0, 0.1) is 12.8 Å². The number of piperidine rings is 2. The molecule has 0 radical (unpaired) electrons. The molecule has 2 fully saturated rings. The maximum absolute atomic E-state index is 13.4. The van der Waals surface area contributed by atoms with Gasteiger partial charge in [0.1, 0.15) is 11.3 Å². The summed E-state index contributed by atoms with van der Waals surface area (Å²) < 4.78 is 17.1. The zero-order chi connectivity index (χ0) is 24.4. The molecule has 2 atom stereocenters. The summed E-state index contributed by atoms with van der Waals surface area (Å²) in [6.07, 6.45) is 8.71. The van der Waals surface area contributed by atoms with Crippen molar-refractivity contribution in [1.82, 2.24) is 9.80 Å². The highest BCUT2D eigenvalue weighted by molar-refractivity contribution is 5.89. The van der Waals surface area contributed by atoms with E-state index >= 15 is 0 Å². The Hall–Kier alpha value is -2.38. The van der Waals surface area contributed by atoms with Gasteiger partial charge in [0.05, 0.1) is 12.0 Å². The van der Waals surface area contributed by atoms with Crippen LogP contribution in [0.2, 0.25) is 0 Å². The first-order chi connectivity index (χ1) is 17.0. The monoisotopic (exact) mass is 482 g/mol. The van der Waals surface area contributed by atoms with E-state index in [0.29, 0.717) is 36.4 Å². The molecule has 5 rings (SSSR count). The molecule has 0 unspecified atom stereocenters. The highest BCUT2D eigenvalue weighted by Gasteiger charge is 2.34. The van der Waals surface area contributed by atoms with Crippen LogP contribution >= 0.6 is 0 Å². The van der Waals surface area contributed by atoms with Gasteiger partial charge < -0.3 is 23.7 Å². The Morgan fingerprint density at radius 3 is 2.80 bits per heavy atom. The van der Waals surface area contributed by atoms with Gasteiger partial charge in [-0.15, -0.1) is 0 Å². The minimum Gasteiger partial charge on any atom is -0.483 e. The predicted octanol–water partition coefficient (Wildman–Crippen LogP) is 3.71. The summed E-state index contributed by atoms with van der Waals surface area (Å²) in [4.78, 5) is 30.4. The quantitative estimate of drug-likeness (QED) is 0.534. The molecule has 0 bridgehead atoms. The molecular weight excluding hydrogens is 444 g/mol. The minimum atomic E-state index is -0.243. The van der Waals surface area contributed by atoms with Gasteiger partial charge in [-0.3, -0.25) is 4.79 Å². The lowest BCUT2D eigenvalue weighted by Gasteiger charge is -2.45. The van der Waals surface area contributed by atoms with E-state index in [-0.39, 0.29) is 18.1 Å². The first-order valence-electron chi connectivity index (χ1n) is 13.3. The fourth-order valence-corrected chi connectivity index (χ4v) is 6.44. The van der Waals surface area contributed by atoms with Crippen molar-refractivity contribution >= 4 is 16.9 Å². The smallest absolute Gasteiger partial charge is 0.339 e. The lowest BCUT2D eigenvalue weighted by molar-refractivity contribution is -0.135. The van der Waals surface area contributed by atoms with Crippen LogP contribution in [0.4, 0.5) is 0 Å². The highest BCUT2D eigenvalue weighted by Crippen LogP contribution is 2.35. The van der Waals surface area contributed by atoms with E-state index in [4.69, 9.17) is 13.9 Å². The highest BCUT2D eigenvalue weighted by atomic mass is 16.5. The Balaban J connectivity index is 1.34. The van der Waals surface area contributed by atoms with Crippen molar-refractivity contribution in [2.24, 2.45) is 5.92 Å². The number of benzene rings is 1. The SMILES string of the molecule is COCCN(C[C@@H]1CCCN2CCCC[C@H]12)C(=O)COc1cc(C)cc2oc(=O)c3c(c12)CCC3.